The SMILES string of the molecule is CCCC1(C(=O)O)CCN(C(=O)c2ccccc2C)C1. The maximum Gasteiger partial charge on any atom is 0.311 e. The molecule has 0 bridgehead atoms. The molecule has 4 nitrogen and oxygen atoms in total. The number of likely N-dealkylation sites (tertiary alicyclic amines) is 1. The number of aliphatic carboxylic acids is 1. The van der Waals surface area contributed by atoms with Crippen LogP contribution in [0.5, 0.6) is 0 Å². The van der Waals surface area contributed by atoms with E-state index in [9.17, 15) is 14.7 Å². The van der Waals surface area contributed by atoms with Crippen LogP contribution in [-0.2, 0) is 4.79 Å². The van der Waals surface area contributed by atoms with E-state index in [-0.39, 0.29) is 5.91 Å². The molecule has 0 aliphatic carbocycles. The Morgan fingerprint density at radius 2 is 2.05 bits per heavy atom. The number of carbonyl (C=O) groups excluding carboxylic acids is 1. The number of aryl methyl sites for hydroxylation is 1. The van der Waals surface area contributed by atoms with Gasteiger partial charge in [-0.05, 0) is 31.4 Å². The van der Waals surface area contributed by atoms with Crippen LogP contribution in [-0.4, -0.2) is 35.0 Å². The lowest BCUT2D eigenvalue weighted by Crippen LogP contribution is -2.37. The normalized spacial score (nSPS) is 22.0. The van der Waals surface area contributed by atoms with Gasteiger partial charge >= 0.3 is 5.97 Å². The summed E-state index contributed by atoms with van der Waals surface area (Å²) in [5.41, 5.74) is 0.846. The van der Waals surface area contributed by atoms with E-state index in [1.165, 1.54) is 0 Å². The van der Waals surface area contributed by atoms with Crippen molar-refractivity contribution in [1.29, 1.82) is 0 Å². The molecular weight excluding hydrogens is 254 g/mol. The minimum atomic E-state index is -0.778. The molecule has 1 atom stereocenters. The fourth-order valence-corrected chi connectivity index (χ4v) is 2.99. The molecule has 1 N–H and O–H groups in total. The zero-order chi connectivity index (χ0) is 14.8. The van der Waals surface area contributed by atoms with Crippen molar-refractivity contribution >= 4 is 11.9 Å². The lowest BCUT2D eigenvalue weighted by atomic mass is 9.83. The van der Waals surface area contributed by atoms with Gasteiger partial charge in [-0.3, -0.25) is 9.59 Å². The largest absolute Gasteiger partial charge is 0.481 e. The van der Waals surface area contributed by atoms with Crippen LogP contribution >= 0.6 is 0 Å². The smallest absolute Gasteiger partial charge is 0.311 e. The summed E-state index contributed by atoms with van der Waals surface area (Å²) in [5, 5.41) is 9.48. The fraction of sp³-hybridized carbons (Fsp3) is 0.500. The van der Waals surface area contributed by atoms with Gasteiger partial charge in [0, 0.05) is 18.7 Å². The maximum absolute atomic E-state index is 12.5. The predicted molar refractivity (Wildman–Crippen MR) is 76.7 cm³/mol. The molecule has 108 valence electrons. The van der Waals surface area contributed by atoms with E-state index in [4.69, 9.17) is 0 Å². The Labute approximate surface area is 119 Å². The quantitative estimate of drug-likeness (QED) is 0.919. The number of carboxylic acid groups (broad SMARTS) is 1. The molecule has 1 aromatic carbocycles. The second-order valence-electron chi connectivity index (χ2n) is 5.63. The minimum absolute atomic E-state index is 0.0534. The van der Waals surface area contributed by atoms with Crippen LogP contribution in [0.2, 0.25) is 0 Å². The average Bonchev–Trinajstić information content (AvgIpc) is 2.85. The molecule has 1 amide bonds. The van der Waals surface area contributed by atoms with Crippen LogP contribution in [0.4, 0.5) is 0 Å². The first-order chi connectivity index (χ1) is 9.50. The van der Waals surface area contributed by atoms with Gasteiger partial charge in [0.2, 0.25) is 0 Å². The molecule has 0 spiro atoms. The van der Waals surface area contributed by atoms with Crippen molar-refractivity contribution in [1.82, 2.24) is 4.90 Å². The highest BCUT2D eigenvalue weighted by atomic mass is 16.4. The maximum atomic E-state index is 12.5. The Bertz CT molecular complexity index is 526. The van der Waals surface area contributed by atoms with E-state index in [0.717, 1.165) is 12.0 Å². The second-order valence-corrected chi connectivity index (χ2v) is 5.63. The third-order valence-electron chi connectivity index (χ3n) is 4.20. The highest BCUT2D eigenvalue weighted by Gasteiger charge is 2.45. The number of benzene rings is 1. The Hall–Kier alpha value is -1.84. The van der Waals surface area contributed by atoms with Crippen LogP contribution in [0.3, 0.4) is 0 Å². The van der Waals surface area contributed by atoms with Gasteiger partial charge in [0.15, 0.2) is 0 Å². The predicted octanol–water partition coefficient (Wildman–Crippen LogP) is 2.71. The Balaban J connectivity index is 2.19. The molecule has 0 aromatic heterocycles. The standard InChI is InChI=1S/C16H21NO3/c1-3-8-16(15(19)20)9-10-17(11-16)14(18)13-7-5-4-6-12(13)2/h4-7H,3,8-11H2,1-2H3,(H,19,20). The molecule has 1 aromatic rings. The van der Waals surface area contributed by atoms with Crippen molar-refractivity contribution in [3.63, 3.8) is 0 Å². The van der Waals surface area contributed by atoms with Crippen molar-refractivity contribution in [3.05, 3.63) is 35.4 Å². The molecule has 1 aliphatic heterocycles. The highest BCUT2D eigenvalue weighted by Crippen LogP contribution is 2.36. The van der Waals surface area contributed by atoms with Gasteiger partial charge in [-0.25, -0.2) is 0 Å². The van der Waals surface area contributed by atoms with Gasteiger partial charge in [0.05, 0.1) is 5.41 Å². The zero-order valence-corrected chi connectivity index (χ0v) is 12.1. The molecule has 1 unspecified atom stereocenters. The van der Waals surface area contributed by atoms with E-state index in [0.29, 0.717) is 31.5 Å². The highest BCUT2D eigenvalue weighted by molar-refractivity contribution is 5.96. The van der Waals surface area contributed by atoms with Crippen LogP contribution < -0.4 is 0 Å². The van der Waals surface area contributed by atoms with Gasteiger partial charge in [-0.15, -0.1) is 0 Å². The van der Waals surface area contributed by atoms with Crippen LogP contribution in [0, 0.1) is 12.3 Å². The average molecular weight is 275 g/mol. The first kappa shape index (κ1) is 14.6. The lowest BCUT2D eigenvalue weighted by molar-refractivity contribution is -0.148. The van der Waals surface area contributed by atoms with Crippen molar-refractivity contribution < 1.29 is 14.7 Å². The van der Waals surface area contributed by atoms with Crippen molar-refractivity contribution in [2.24, 2.45) is 5.41 Å². The molecule has 1 heterocycles. The Kier molecular flexibility index (Phi) is 4.12. The van der Waals surface area contributed by atoms with E-state index >= 15 is 0 Å². The summed E-state index contributed by atoms with van der Waals surface area (Å²) >= 11 is 0. The van der Waals surface area contributed by atoms with Crippen molar-refractivity contribution in [2.75, 3.05) is 13.1 Å². The molecule has 0 saturated carbocycles. The number of amides is 1. The minimum Gasteiger partial charge on any atom is -0.481 e. The summed E-state index contributed by atoms with van der Waals surface area (Å²) in [6.45, 7) is 4.74. The third kappa shape index (κ3) is 2.55. The zero-order valence-electron chi connectivity index (χ0n) is 12.1. The second kappa shape index (κ2) is 5.65. The first-order valence-corrected chi connectivity index (χ1v) is 7.08. The summed E-state index contributed by atoms with van der Waals surface area (Å²) < 4.78 is 0. The molecule has 4 heteroatoms. The van der Waals surface area contributed by atoms with E-state index in [1.807, 2.05) is 32.0 Å². The summed E-state index contributed by atoms with van der Waals surface area (Å²) in [7, 11) is 0. The number of hydrogen-bond donors (Lipinski definition) is 1. The number of carbonyl (C=O) groups is 2. The van der Waals surface area contributed by atoms with Crippen LogP contribution in [0.25, 0.3) is 0 Å². The molecule has 1 saturated heterocycles. The monoisotopic (exact) mass is 275 g/mol. The molecule has 2 rings (SSSR count). The van der Waals surface area contributed by atoms with Crippen molar-refractivity contribution in [2.45, 2.75) is 33.1 Å². The van der Waals surface area contributed by atoms with E-state index < -0.39 is 11.4 Å². The summed E-state index contributed by atoms with van der Waals surface area (Å²) in [5.74, 6) is -0.832. The molecule has 0 radical (unpaired) electrons. The number of carboxylic acids is 1. The molecule has 1 aliphatic rings. The van der Waals surface area contributed by atoms with Gasteiger partial charge in [0.25, 0.3) is 5.91 Å². The summed E-state index contributed by atoms with van der Waals surface area (Å²) in [4.78, 5) is 25.7. The summed E-state index contributed by atoms with van der Waals surface area (Å²) in [6, 6.07) is 7.44. The molecule has 1 fully saturated rings. The first-order valence-electron chi connectivity index (χ1n) is 7.08. The molecular formula is C16H21NO3. The number of rotatable bonds is 4. The van der Waals surface area contributed by atoms with E-state index in [2.05, 4.69) is 0 Å². The Morgan fingerprint density at radius 3 is 2.65 bits per heavy atom. The Morgan fingerprint density at radius 1 is 1.35 bits per heavy atom. The fourth-order valence-electron chi connectivity index (χ4n) is 2.99. The van der Waals surface area contributed by atoms with Crippen LogP contribution in [0.1, 0.15) is 42.1 Å². The lowest BCUT2D eigenvalue weighted by Gasteiger charge is -2.24. The van der Waals surface area contributed by atoms with E-state index in [1.54, 1.807) is 11.0 Å². The number of nitrogens with zero attached hydrogens (tertiary/aromatic N) is 1. The third-order valence-corrected chi connectivity index (χ3v) is 4.20. The van der Waals surface area contributed by atoms with Gasteiger partial charge in [0.1, 0.15) is 0 Å². The van der Waals surface area contributed by atoms with Crippen LogP contribution in [0.15, 0.2) is 24.3 Å². The topological polar surface area (TPSA) is 57.6 Å². The number of hydrogen-bond acceptors (Lipinski definition) is 2. The van der Waals surface area contributed by atoms with Gasteiger partial charge in [-0.1, -0.05) is 31.5 Å². The van der Waals surface area contributed by atoms with Crippen molar-refractivity contribution in [3.8, 4) is 0 Å². The van der Waals surface area contributed by atoms with Gasteiger partial charge < -0.3 is 10.0 Å². The summed E-state index contributed by atoms with van der Waals surface area (Å²) in [6.07, 6.45) is 1.99. The van der Waals surface area contributed by atoms with Gasteiger partial charge in [-0.2, -0.15) is 0 Å². The molecule has 20 heavy (non-hydrogen) atoms.